The summed E-state index contributed by atoms with van der Waals surface area (Å²) >= 11 is 0. The van der Waals surface area contributed by atoms with Crippen molar-refractivity contribution >= 4 is 7.60 Å². The number of unbranched alkanes of at least 4 members (excludes halogenated alkanes) is 18. The van der Waals surface area contributed by atoms with E-state index in [-0.39, 0.29) is 11.2 Å². The average molecular weight is 691 g/mol. The van der Waals surface area contributed by atoms with Crippen molar-refractivity contribution in [1.82, 2.24) is 0 Å². The van der Waals surface area contributed by atoms with Crippen molar-refractivity contribution in [2.24, 2.45) is 0 Å². The molecule has 0 heterocycles. The maximum absolute atomic E-state index is 13.4. The van der Waals surface area contributed by atoms with Gasteiger partial charge in [-0.25, -0.2) is 0 Å². The van der Waals surface area contributed by atoms with Crippen LogP contribution in [0.5, 0.6) is 0 Å². The van der Waals surface area contributed by atoms with Crippen LogP contribution < -0.4 is 0 Å². The van der Waals surface area contributed by atoms with Crippen molar-refractivity contribution in [2.45, 2.75) is 239 Å². The molecule has 0 amide bonds. The fourth-order valence-electron chi connectivity index (χ4n) is 5.81. The highest BCUT2D eigenvalue weighted by Crippen LogP contribution is 2.58. The van der Waals surface area contributed by atoms with E-state index in [2.05, 4.69) is 41.5 Å². The van der Waals surface area contributed by atoms with Crippen LogP contribution in [0.3, 0.4) is 0 Å². The third-order valence-corrected chi connectivity index (χ3v) is 11.8. The summed E-state index contributed by atoms with van der Waals surface area (Å²) in [5.41, 5.74) is -1.40. The van der Waals surface area contributed by atoms with E-state index in [4.69, 9.17) is 18.7 Å². The lowest BCUT2D eigenvalue weighted by molar-refractivity contribution is -0.0674. The maximum Gasteiger partial charge on any atom is 0.359 e. The highest BCUT2D eigenvalue weighted by molar-refractivity contribution is 7.54. The summed E-state index contributed by atoms with van der Waals surface area (Å²) in [6, 6.07) is 0. The minimum Gasteiger partial charge on any atom is -0.375 e. The molecule has 0 aliphatic rings. The molecule has 0 radical (unpaired) electrons. The van der Waals surface area contributed by atoms with E-state index in [1.54, 1.807) is 13.8 Å². The van der Waals surface area contributed by atoms with E-state index in [0.29, 0.717) is 26.1 Å². The fraction of sp³-hybridized carbons (Fsp3) is 1.00. The van der Waals surface area contributed by atoms with Crippen molar-refractivity contribution in [3.05, 3.63) is 0 Å². The van der Waals surface area contributed by atoms with Gasteiger partial charge in [0, 0.05) is 6.61 Å². The van der Waals surface area contributed by atoms with E-state index in [1.165, 1.54) is 122 Å². The van der Waals surface area contributed by atoms with Gasteiger partial charge in [-0.05, 0) is 81.1 Å². The molecule has 0 fully saturated rings. The van der Waals surface area contributed by atoms with Crippen LogP contribution in [-0.2, 0) is 23.3 Å². The smallest absolute Gasteiger partial charge is 0.359 e. The van der Waals surface area contributed by atoms with E-state index in [1.807, 2.05) is 13.8 Å². The first-order valence-electron chi connectivity index (χ1n) is 19.9. The normalized spacial score (nSPS) is 14.5. The lowest BCUT2D eigenvalue weighted by Gasteiger charge is -2.37. The molecule has 0 aromatic carbocycles. The molecule has 0 aromatic rings. The van der Waals surface area contributed by atoms with Crippen LogP contribution in [-0.4, -0.2) is 46.9 Å². The topological polar surface area (TPSA) is 74.2 Å². The largest absolute Gasteiger partial charge is 0.375 e. The van der Waals surface area contributed by atoms with Gasteiger partial charge in [0.1, 0.15) is 0 Å². The van der Waals surface area contributed by atoms with Crippen molar-refractivity contribution < 1.29 is 28.2 Å². The highest BCUT2D eigenvalue weighted by Gasteiger charge is 2.45. The van der Waals surface area contributed by atoms with Gasteiger partial charge < -0.3 is 23.6 Å². The van der Waals surface area contributed by atoms with Crippen molar-refractivity contribution in [3.8, 4) is 0 Å². The molecule has 47 heavy (non-hydrogen) atoms. The summed E-state index contributed by atoms with van der Waals surface area (Å²) in [6.07, 6.45) is 28.5. The van der Waals surface area contributed by atoms with E-state index < -0.39 is 18.5 Å². The summed E-state index contributed by atoms with van der Waals surface area (Å²) < 4.78 is 37.7. The minimum absolute atomic E-state index is 0.218. The second-order valence-corrected chi connectivity index (χ2v) is 18.8. The Labute approximate surface area is 294 Å². The van der Waals surface area contributed by atoms with E-state index >= 15 is 0 Å². The lowest BCUT2D eigenvalue weighted by Crippen LogP contribution is -2.35. The van der Waals surface area contributed by atoms with Crippen molar-refractivity contribution in [1.29, 1.82) is 0 Å². The van der Waals surface area contributed by atoms with Gasteiger partial charge in [0.25, 0.3) is 0 Å². The minimum atomic E-state index is -4.09. The summed E-state index contributed by atoms with van der Waals surface area (Å²) in [5.74, 6) is 0. The van der Waals surface area contributed by atoms with Crippen LogP contribution in [0.4, 0.5) is 0 Å². The standard InChI is InChI=1S/C40H83O6P/c1-11-13-15-17-19-21-23-25-27-29-31-37(3,4)44-35-33-39(7,8)46-47(41,42)40(9,10)45-36-32-38(5,6)43-34-30-28-26-24-22-20-18-16-14-12-2/h11-36H2,1-10H3,(H,41,42). The van der Waals surface area contributed by atoms with Gasteiger partial charge in [-0.2, -0.15) is 0 Å². The molecular formula is C40H83O6P. The molecule has 0 saturated heterocycles. The quantitative estimate of drug-likeness (QED) is 0.0535. The van der Waals surface area contributed by atoms with Crippen LogP contribution in [0.15, 0.2) is 0 Å². The molecule has 6 nitrogen and oxygen atoms in total. The first-order valence-corrected chi connectivity index (χ1v) is 21.5. The van der Waals surface area contributed by atoms with Crippen LogP contribution in [0.25, 0.3) is 0 Å². The second kappa shape index (κ2) is 25.9. The first-order chi connectivity index (χ1) is 22.0. The predicted octanol–water partition coefficient (Wildman–Crippen LogP) is 13.3. The Bertz CT molecular complexity index is 779. The van der Waals surface area contributed by atoms with Gasteiger partial charge in [-0.1, -0.05) is 136 Å². The molecule has 0 aliphatic carbocycles. The predicted molar refractivity (Wildman–Crippen MR) is 203 cm³/mol. The zero-order valence-electron chi connectivity index (χ0n) is 33.3. The number of ether oxygens (including phenoxy) is 3. The maximum atomic E-state index is 13.4. The van der Waals surface area contributed by atoms with Crippen LogP contribution in [0, 0.1) is 0 Å². The Hall–Kier alpha value is 0.0300. The molecular weight excluding hydrogens is 607 g/mol. The zero-order chi connectivity index (χ0) is 35.7. The molecule has 1 atom stereocenters. The highest BCUT2D eigenvalue weighted by atomic mass is 31.2. The first kappa shape index (κ1) is 47.0. The van der Waals surface area contributed by atoms with Crippen LogP contribution >= 0.6 is 7.60 Å². The third kappa shape index (κ3) is 26.5. The van der Waals surface area contributed by atoms with Crippen molar-refractivity contribution in [2.75, 3.05) is 19.8 Å². The second-order valence-electron chi connectivity index (χ2n) is 16.5. The van der Waals surface area contributed by atoms with Gasteiger partial charge in [0.05, 0.1) is 30.0 Å². The lowest BCUT2D eigenvalue weighted by atomic mass is 9.98. The Balaban J connectivity index is 4.28. The SMILES string of the molecule is CCCCCCCCCCCCOC(C)(C)CCOC(C)(C)P(=O)(O)OC(C)(C)CCOC(C)(C)CCCCCCCCCCCC. The summed E-state index contributed by atoms with van der Waals surface area (Å²) in [5, 5.41) is -1.33. The van der Waals surface area contributed by atoms with Crippen LogP contribution in [0.1, 0.15) is 217 Å². The van der Waals surface area contributed by atoms with E-state index in [9.17, 15) is 9.46 Å². The third-order valence-electron chi connectivity index (χ3n) is 9.53. The van der Waals surface area contributed by atoms with Crippen LogP contribution in [0.2, 0.25) is 0 Å². The monoisotopic (exact) mass is 691 g/mol. The summed E-state index contributed by atoms with van der Waals surface area (Å²) in [4.78, 5) is 11.0. The van der Waals surface area contributed by atoms with Gasteiger partial charge in [0.15, 0.2) is 5.34 Å². The molecule has 0 saturated carbocycles. The number of hydrogen-bond acceptors (Lipinski definition) is 5. The molecule has 0 bridgehead atoms. The summed E-state index contributed by atoms with van der Waals surface area (Å²) in [6.45, 7) is 21.5. The number of hydrogen-bond donors (Lipinski definition) is 1. The average Bonchev–Trinajstić information content (AvgIpc) is 2.95. The fourth-order valence-corrected chi connectivity index (χ4v) is 7.05. The molecule has 0 rings (SSSR count). The zero-order valence-corrected chi connectivity index (χ0v) is 34.2. The Morgan fingerprint density at radius 1 is 0.426 bits per heavy atom. The molecule has 1 N–H and O–H groups in total. The molecule has 284 valence electrons. The summed E-state index contributed by atoms with van der Waals surface area (Å²) in [7, 11) is -4.09. The van der Waals surface area contributed by atoms with E-state index in [0.717, 1.165) is 19.4 Å². The Kier molecular flexibility index (Phi) is 25.9. The van der Waals surface area contributed by atoms with Gasteiger partial charge in [0.2, 0.25) is 0 Å². The molecule has 0 aromatic heterocycles. The number of rotatable bonds is 34. The molecule has 1 unspecified atom stereocenters. The van der Waals surface area contributed by atoms with Gasteiger partial charge >= 0.3 is 7.60 Å². The Morgan fingerprint density at radius 3 is 1.23 bits per heavy atom. The van der Waals surface area contributed by atoms with Gasteiger partial charge in [-0.3, -0.25) is 4.57 Å². The van der Waals surface area contributed by atoms with Gasteiger partial charge in [-0.15, -0.1) is 0 Å². The Morgan fingerprint density at radius 2 is 0.766 bits per heavy atom. The molecule has 7 heteroatoms. The molecule has 0 spiro atoms. The van der Waals surface area contributed by atoms with Crippen molar-refractivity contribution in [3.63, 3.8) is 0 Å². The molecule has 0 aliphatic heterocycles.